The topological polar surface area (TPSA) is 63.6 Å². The maximum atomic E-state index is 11.3. The molecule has 1 aliphatic heterocycles. The average Bonchev–Trinajstić information content (AvgIpc) is 2.53. The normalized spacial score (nSPS) is 26.9. The monoisotopic (exact) mass is 274 g/mol. The van der Waals surface area contributed by atoms with Crippen molar-refractivity contribution in [3.8, 4) is 5.75 Å². The molecule has 0 saturated carbocycles. The lowest BCUT2D eigenvalue weighted by molar-refractivity contribution is 0.207. The molecule has 17 heavy (non-hydrogen) atoms. The molecule has 1 N–H and O–H groups in total. The molecule has 2 atom stereocenters. The number of aliphatic hydroxyl groups excluding tert-OH is 1. The van der Waals surface area contributed by atoms with E-state index in [4.69, 9.17) is 4.74 Å². The number of hydrogen-bond donors (Lipinski definition) is 1. The zero-order valence-corrected chi connectivity index (χ0v) is 11.0. The second-order valence-electron chi connectivity index (χ2n) is 3.98. The lowest BCUT2D eigenvalue weighted by Gasteiger charge is -2.12. The molecule has 0 aromatic heterocycles. The standard InChI is InChI=1S/C11H14O4S2/c1-15-8-2-4-9(5-3-8)16-11-7-17(13,14)6-10(11)12/h2-5,10-12H,6-7H2,1H3/t10-,11-/m1/s1. The van der Waals surface area contributed by atoms with E-state index in [1.54, 1.807) is 7.11 Å². The molecule has 0 radical (unpaired) electrons. The van der Waals surface area contributed by atoms with Crippen molar-refractivity contribution in [1.82, 2.24) is 0 Å². The first-order valence-electron chi connectivity index (χ1n) is 5.19. The summed E-state index contributed by atoms with van der Waals surface area (Å²) >= 11 is 1.40. The smallest absolute Gasteiger partial charge is 0.154 e. The van der Waals surface area contributed by atoms with Gasteiger partial charge in [0, 0.05) is 4.90 Å². The summed E-state index contributed by atoms with van der Waals surface area (Å²) in [6.07, 6.45) is -0.771. The Morgan fingerprint density at radius 1 is 1.29 bits per heavy atom. The first kappa shape index (κ1) is 12.7. The second kappa shape index (κ2) is 4.88. The summed E-state index contributed by atoms with van der Waals surface area (Å²) in [6, 6.07) is 7.36. The summed E-state index contributed by atoms with van der Waals surface area (Å²) in [6.45, 7) is 0. The quantitative estimate of drug-likeness (QED) is 0.889. The van der Waals surface area contributed by atoms with E-state index in [0.29, 0.717) is 0 Å². The van der Waals surface area contributed by atoms with Crippen LogP contribution in [-0.2, 0) is 9.84 Å². The molecule has 1 aromatic carbocycles. The predicted molar refractivity (Wildman–Crippen MR) is 67.3 cm³/mol. The molecule has 1 saturated heterocycles. The zero-order valence-electron chi connectivity index (χ0n) is 9.37. The van der Waals surface area contributed by atoms with E-state index in [0.717, 1.165) is 10.6 Å². The van der Waals surface area contributed by atoms with E-state index < -0.39 is 15.9 Å². The minimum Gasteiger partial charge on any atom is -0.497 e. The first-order chi connectivity index (χ1) is 8.00. The Balaban J connectivity index is 2.06. The van der Waals surface area contributed by atoms with Gasteiger partial charge in [0.2, 0.25) is 0 Å². The van der Waals surface area contributed by atoms with Crippen LogP contribution in [-0.4, -0.2) is 43.5 Å². The van der Waals surface area contributed by atoms with Crippen LogP contribution in [0.5, 0.6) is 5.75 Å². The van der Waals surface area contributed by atoms with E-state index in [1.165, 1.54) is 11.8 Å². The van der Waals surface area contributed by atoms with Crippen molar-refractivity contribution in [2.75, 3.05) is 18.6 Å². The minimum absolute atomic E-state index is 0.0465. The summed E-state index contributed by atoms with van der Waals surface area (Å²) in [4.78, 5) is 0.937. The number of aliphatic hydroxyl groups is 1. The van der Waals surface area contributed by atoms with Crippen LogP contribution in [0.4, 0.5) is 0 Å². The molecule has 0 aliphatic carbocycles. The maximum absolute atomic E-state index is 11.3. The Bertz CT molecular complexity index is 481. The van der Waals surface area contributed by atoms with Crippen LogP contribution in [0.25, 0.3) is 0 Å². The minimum atomic E-state index is -3.07. The molecule has 1 fully saturated rings. The molecule has 6 heteroatoms. The van der Waals surface area contributed by atoms with E-state index in [-0.39, 0.29) is 16.8 Å². The van der Waals surface area contributed by atoms with Gasteiger partial charge in [0.05, 0.1) is 30.0 Å². The zero-order chi connectivity index (χ0) is 12.5. The lowest BCUT2D eigenvalue weighted by Crippen LogP contribution is -2.19. The molecule has 0 bridgehead atoms. The summed E-state index contributed by atoms with van der Waals surface area (Å²) in [5, 5.41) is 9.39. The van der Waals surface area contributed by atoms with Gasteiger partial charge < -0.3 is 9.84 Å². The van der Waals surface area contributed by atoms with E-state index in [2.05, 4.69) is 0 Å². The van der Waals surface area contributed by atoms with E-state index in [9.17, 15) is 13.5 Å². The van der Waals surface area contributed by atoms with Crippen LogP contribution in [0.15, 0.2) is 29.2 Å². The predicted octanol–water partition coefficient (Wildman–Crippen LogP) is 0.945. The highest BCUT2D eigenvalue weighted by molar-refractivity contribution is 8.02. The molecule has 1 heterocycles. The van der Waals surface area contributed by atoms with Crippen LogP contribution < -0.4 is 4.74 Å². The molecule has 4 nitrogen and oxygen atoms in total. The van der Waals surface area contributed by atoms with Crippen molar-refractivity contribution in [3.63, 3.8) is 0 Å². The van der Waals surface area contributed by atoms with E-state index >= 15 is 0 Å². The van der Waals surface area contributed by atoms with Crippen molar-refractivity contribution in [1.29, 1.82) is 0 Å². The van der Waals surface area contributed by atoms with Gasteiger partial charge >= 0.3 is 0 Å². The molecule has 1 aromatic rings. The van der Waals surface area contributed by atoms with Crippen molar-refractivity contribution in [2.45, 2.75) is 16.2 Å². The van der Waals surface area contributed by atoms with Crippen molar-refractivity contribution < 1.29 is 18.3 Å². The molecule has 94 valence electrons. The number of ether oxygens (including phenoxy) is 1. The number of methoxy groups -OCH3 is 1. The Kier molecular flexibility index (Phi) is 3.65. The van der Waals surface area contributed by atoms with Gasteiger partial charge in [-0.1, -0.05) is 0 Å². The number of rotatable bonds is 3. The third kappa shape index (κ3) is 3.14. The number of benzene rings is 1. The summed E-state index contributed by atoms with van der Waals surface area (Å²) in [5.41, 5.74) is 0. The van der Waals surface area contributed by atoms with Gasteiger partial charge in [0.25, 0.3) is 0 Å². The Hall–Kier alpha value is -0.720. The van der Waals surface area contributed by atoms with Gasteiger partial charge in [-0.05, 0) is 24.3 Å². The number of thioether (sulfide) groups is 1. The molecule has 1 aliphatic rings. The fourth-order valence-corrected chi connectivity index (χ4v) is 5.26. The second-order valence-corrected chi connectivity index (χ2v) is 7.44. The fourth-order valence-electron chi connectivity index (χ4n) is 1.74. The lowest BCUT2D eigenvalue weighted by atomic mass is 10.3. The molecular weight excluding hydrogens is 260 g/mol. The fraction of sp³-hybridized carbons (Fsp3) is 0.455. The van der Waals surface area contributed by atoms with Crippen molar-refractivity contribution in [2.24, 2.45) is 0 Å². The van der Waals surface area contributed by atoms with Gasteiger partial charge in [0.1, 0.15) is 5.75 Å². The van der Waals surface area contributed by atoms with Crippen LogP contribution in [0, 0.1) is 0 Å². The molecule has 0 amide bonds. The van der Waals surface area contributed by atoms with Gasteiger partial charge in [-0.2, -0.15) is 0 Å². The Morgan fingerprint density at radius 3 is 2.41 bits per heavy atom. The third-order valence-electron chi connectivity index (χ3n) is 2.62. The summed E-state index contributed by atoms with van der Waals surface area (Å²) in [5.74, 6) is 0.681. The maximum Gasteiger partial charge on any atom is 0.154 e. The van der Waals surface area contributed by atoms with Gasteiger partial charge in [-0.25, -0.2) is 8.42 Å². The van der Waals surface area contributed by atoms with Crippen LogP contribution in [0.2, 0.25) is 0 Å². The highest BCUT2D eigenvalue weighted by Crippen LogP contribution is 2.32. The number of sulfone groups is 1. The molecule has 0 unspecified atom stereocenters. The summed E-state index contributed by atoms with van der Waals surface area (Å²) < 4.78 is 27.7. The van der Waals surface area contributed by atoms with Crippen molar-refractivity contribution in [3.05, 3.63) is 24.3 Å². The molecule has 0 spiro atoms. The average molecular weight is 274 g/mol. The highest BCUT2D eigenvalue weighted by Gasteiger charge is 2.36. The number of hydrogen-bond acceptors (Lipinski definition) is 5. The van der Waals surface area contributed by atoms with Crippen LogP contribution in [0.3, 0.4) is 0 Å². The Labute approximate surface area is 105 Å². The van der Waals surface area contributed by atoms with Gasteiger partial charge in [-0.3, -0.25) is 0 Å². The van der Waals surface area contributed by atoms with Crippen molar-refractivity contribution >= 4 is 21.6 Å². The van der Waals surface area contributed by atoms with Crippen LogP contribution >= 0.6 is 11.8 Å². The SMILES string of the molecule is COc1ccc(S[C@@H]2CS(=O)(=O)C[C@H]2O)cc1. The molecule has 2 rings (SSSR count). The largest absolute Gasteiger partial charge is 0.497 e. The van der Waals surface area contributed by atoms with Gasteiger partial charge in [-0.15, -0.1) is 11.8 Å². The molecular formula is C11H14O4S2. The summed E-state index contributed by atoms with van der Waals surface area (Å²) in [7, 11) is -1.48. The van der Waals surface area contributed by atoms with Crippen LogP contribution in [0.1, 0.15) is 0 Å². The highest BCUT2D eigenvalue weighted by atomic mass is 32.2. The third-order valence-corrected chi connectivity index (χ3v) is 5.87. The first-order valence-corrected chi connectivity index (χ1v) is 7.89. The van der Waals surface area contributed by atoms with Gasteiger partial charge in [0.15, 0.2) is 9.84 Å². The van der Waals surface area contributed by atoms with E-state index in [1.807, 2.05) is 24.3 Å². The Morgan fingerprint density at radius 2 is 1.94 bits per heavy atom.